The first-order valence-electron chi connectivity index (χ1n) is 7.37. The Morgan fingerprint density at radius 3 is 2.52 bits per heavy atom. The van der Waals surface area contributed by atoms with Gasteiger partial charge in [-0.2, -0.15) is 6.08 Å². The van der Waals surface area contributed by atoms with Crippen LogP contribution in [0.5, 0.6) is 0 Å². The topological polar surface area (TPSA) is 9.23 Å². The second-order valence-corrected chi connectivity index (χ2v) is 5.61. The molecule has 0 aromatic rings. The van der Waals surface area contributed by atoms with Crippen LogP contribution >= 0.6 is 0 Å². The molecule has 1 unspecified atom stereocenters. The van der Waals surface area contributed by atoms with E-state index >= 15 is 0 Å². The van der Waals surface area contributed by atoms with E-state index in [1.165, 1.54) is 16.7 Å². The number of allylic oxidation sites excluding steroid dienone is 8. The van der Waals surface area contributed by atoms with Gasteiger partial charge in [0.05, 0.1) is 0 Å². The summed E-state index contributed by atoms with van der Waals surface area (Å²) in [6, 6.07) is 0. The van der Waals surface area contributed by atoms with E-state index in [0.717, 1.165) is 17.9 Å². The van der Waals surface area contributed by atoms with Gasteiger partial charge in [0.25, 0.3) is 0 Å². The second-order valence-electron chi connectivity index (χ2n) is 5.61. The van der Waals surface area contributed by atoms with E-state index in [1.807, 2.05) is 6.08 Å². The van der Waals surface area contributed by atoms with E-state index in [9.17, 15) is 0 Å². The van der Waals surface area contributed by atoms with Gasteiger partial charge in [0, 0.05) is 47.5 Å². The van der Waals surface area contributed by atoms with Crippen molar-refractivity contribution in [1.82, 2.24) is 0 Å². The predicted octanol–water partition coefficient (Wildman–Crippen LogP) is 5.89. The molecule has 0 aromatic carbocycles. The molecule has 1 rings (SSSR count). The van der Waals surface area contributed by atoms with Gasteiger partial charge in [-0.3, -0.25) is 0 Å². The fraction of sp³-hybridized carbons (Fsp3) is 0.421. The zero-order chi connectivity index (χ0) is 15.1. The van der Waals surface area contributed by atoms with E-state index < -0.39 is 0 Å². The average molecular weight is 412 g/mol. The van der Waals surface area contributed by atoms with E-state index in [4.69, 9.17) is 4.74 Å². The SMILES string of the molecule is CC/C=C(\C=C(/C)C=C(C)C)OC1=C(C)C(C)[CH-]C=C1.[Ce]. The molecule has 114 valence electrons. The fourth-order valence-electron chi connectivity index (χ4n) is 2.10. The Kier molecular flexibility index (Phi) is 10.3. The molecule has 2 heteroatoms. The standard InChI is InChI=1S/C19H27O.Ce/c1-7-9-18(13-15(4)12-14(2)3)20-19-11-8-10-16(5)17(19)6;/h8-13,16H,7H2,1-6H3;/q-1;/b15-13+,18-9+;. The largest absolute Gasteiger partial charge is 0.477 e. The minimum atomic E-state index is 0. The maximum Gasteiger partial charge on any atom is 0.121 e. The van der Waals surface area contributed by atoms with Crippen LogP contribution in [0.1, 0.15) is 48.0 Å². The fourth-order valence-corrected chi connectivity index (χ4v) is 2.10. The first kappa shape index (κ1) is 20.7. The zero-order valence-electron chi connectivity index (χ0n) is 14.2. The van der Waals surface area contributed by atoms with Gasteiger partial charge in [-0.1, -0.05) is 37.0 Å². The summed E-state index contributed by atoms with van der Waals surface area (Å²) in [5, 5.41) is 0. The van der Waals surface area contributed by atoms with Crippen LogP contribution in [0.4, 0.5) is 0 Å². The molecule has 0 spiro atoms. The van der Waals surface area contributed by atoms with E-state index in [0.29, 0.717) is 5.92 Å². The van der Waals surface area contributed by atoms with Crippen molar-refractivity contribution in [2.24, 2.45) is 5.92 Å². The maximum atomic E-state index is 6.10. The Morgan fingerprint density at radius 2 is 1.95 bits per heavy atom. The molecule has 0 aliphatic heterocycles. The summed E-state index contributed by atoms with van der Waals surface area (Å²) in [4.78, 5) is 0. The number of rotatable bonds is 5. The van der Waals surface area contributed by atoms with E-state index in [-0.39, 0.29) is 41.7 Å². The van der Waals surface area contributed by atoms with Gasteiger partial charge in [-0.25, -0.2) is 12.5 Å². The minimum Gasteiger partial charge on any atom is -0.477 e. The van der Waals surface area contributed by atoms with Gasteiger partial charge in [0.2, 0.25) is 0 Å². The first-order chi connectivity index (χ1) is 9.43. The summed E-state index contributed by atoms with van der Waals surface area (Å²) < 4.78 is 6.10. The van der Waals surface area contributed by atoms with Crippen molar-refractivity contribution in [1.29, 1.82) is 0 Å². The Hall–Kier alpha value is -0.253. The van der Waals surface area contributed by atoms with Crippen LogP contribution in [0.3, 0.4) is 0 Å². The third-order valence-corrected chi connectivity index (χ3v) is 3.24. The molecule has 0 fully saturated rings. The molecule has 0 saturated heterocycles. The normalized spacial score (nSPS) is 18.9. The van der Waals surface area contributed by atoms with Crippen LogP contribution < -0.4 is 0 Å². The molecule has 1 atom stereocenters. The second kappa shape index (κ2) is 10.5. The Labute approximate surface area is 164 Å². The van der Waals surface area contributed by atoms with Crippen molar-refractivity contribution in [3.05, 3.63) is 65.0 Å². The first-order valence-corrected chi connectivity index (χ1v) is 7.37. The zero-order valence-corrected chi connectivity index (χ0v) is 17.3. The molecule has 1 aliphatic rings. The predicted molar refractivity (Wildman–Crippen MR) is 88.0 cm³/mol. The Balaban J connectivity index is 0.00000400. The Morgan fingerprint density at radius 1 is 1.29 bits per heavy atom. The minimum absolute atomic E-state index is 0. The van der Waals surface area contributed by atoms with Crippen molar-refractivity contribution in [3.63, 3.8) is 0 Å². The quantitative estimate of drug-likeness (QED) is 0.311. The van der Waals surface area contributed by atoms with E-state index in [1.54, 1.807) is 0 Å². The molecular weight excluding hydrogens is 384 g/mol. The summed E-state index contributed by atoms with van der Waals surface area (Å²) in [5.41, 5.74) is 3.79. The third kappa shape index (κ3) is 7.53. The van der Waals surface area contributed by atoms with Gasteiger partial charge in [0.15, 0.2) is 0 Å². The van der Waals surface area contributed by atoms with Crippen LogP contribution in [0, 0.1) is 54.1 Å². The van der Waals surface area contributed by atoms with Gasteiger partial charge in [-0.05, 0) is 51.8 Å². The van der Waals surface area contributed by atoms with Gasteiger partial charge >= 0.3 is 0 Å². The van der Waals surface area contributed by atoms with Crippen molar-refractivity contribution in [3.8, 4) is 0 Å². The molecule has 0 saturated carbocycles. The van der Waals surface area contributed by atoms with Crippen molar-refractivity contribution in [2.75, 3.05) is 0 Å². The molecule has 0 amide bonds. The van der Waals surface area contributed by atoms with Crippen molar-refractivity contribution in [2.45, 2.75) is 48.0 Å². The van der Waals surface area contributed by atoms with Gasteiger partial charge < -0.3 is 4.74 Å². The molecule has 0 aromatic heterocycles. The van der Waals surface area contributed by atoms with Crippen molar-refractivity contribution >= 4 is 0 Å². The molecule has 0 bridgehead atoms. The van der Waals surface area contributed by atoms with Crippen LogP contribution in [0.2, 0.25) is 0 Å². The average Bonchev–Trinajstić information content (AvgIpc) is 2.34. The van der Waals surface area contributed by atoms with Crippen LogP contribution in [-0.2, 0) is 4.74 Å². The van der Waals surface area contributed by atoms with Crippen molar-refractivity contribution < 1.29 is 46.5 Å². The summed E-state index contributed by atoms with van der Waals surface area (Å²) >= 11 is 0. The Bertz CT molecular complexity index is 486. The smallest absolute Gasteiger partial charge is 0.121 e. The summed E-state index contributed by atoms with van der Waals surface area (Å²) in [5.74, 6) is 2.34. The van der Waals surface area contributed by atoms with Gasteiger partial charge in [-0.15, -0.1) is 0 Å². The van der Waals surface area contributed by atoms with Crippen LogP contribution in [0.25, 0.3) is 0 Å². The number of ether oxygens (including phenoxy) is 1. The maximum absolute atomic E-state index is 6.10. The molecule has 0 radical (unpaired) electrons. The monoisotopic (exact) mass is 411 g/mol. The van der Waals surface area contributed by atoms with E-state index in [2.05, 4.69) is 72.3 Å². The van der Waals surface area contributed by atoms with Crippen LogP contribution in [0.15, 0.2) is 58.6 Å². The molecule has 1 aliphatic carbocycles. The van der Waals surface area contributed by atoms with Crippen LogP contribution in [-0.4, -0.2) is 0 Å². The molecule has 1 nitrogen and oxygen atoms in total. The molecule has 21 heavy (non-hydrogen) atoms. The number of hydrogen-bond acceptors (Lipinski definition) is 1. The molecule has 0 N–H and O–H groups in total. The summed E-state index contributed by atoms with van der Waals surface area (Å²) in [6.07, 6.45) is 13.7. The molecular formula is C19H27CeO-. The number of hydrogen-bond donors (Lipinski definition) is 0. The molecule has 0 heterocycles. The third-order valence-electron chi connectivity index (χ3n) is 3.24. The van der Waals surface area contributed by atoms with Gasteiger partial charge in [0.1, 0.15) is 5.76 Å². The summed E-state index contributed by atoms with van der Waals surface area (Å²) in [6.45, 7) is 12.8. The summed E-state index contributed by atoms with van der Waals surface area (Å²) in [7, 11) is 0.